The molecule has 1 fully saturated rings. The van der Waals surface area contributed by atoms with E-state index in [0.717, 1.165) is 16.2 Å². The predicted molar refractivity (Wildman–Crippen MR) is 67.5 cm³/mol. The monoisotopic (exact) mass is 292 g/mol. The molecular formula is C11H14BrClS. The Hall–Kier alpha value is 0.470. The molecule has 0 aliphatic heterocycles. The molecule has 2 rings (SSSR count). The van der Waals surface area contributed by atoms with Crippen LogP contribution in [0.1, 0.15) is 35.9 Å². The van der Waals surface area contributed by atoms with E-state index in [1.54, 1.807) is 11.3 Å². The summed E-state index contributed by atoms with van der Waals surface area (Å²) < 4.78 is 0.898. The van der Waals surface area contributed by atoms with Crippen LogP contribution in [0.2, 0.25) is 4.34 Å². The molecule has 1 saturated carbocycles. The molecule has 0 saturated heterocycles. The zero-order chi connectivity index (χ0) is 10.1. The molecule has 0 bridgehead atoms. The molecule has 3 unspecified atom stereocenters. The molecule has 3 atom stereocenters. The summed E-state index contributed by atoms with van der Waals surface area (Å²) in [4.78, 5) is 1.89. The highest BCUT2D eigenvalue weighted by Crippen LogP contribution is 2.46. The second-order valence-corrected chi connectivity index (χ2v) is 6.85. The quantitative estimate of drug-likeness (QED) is 0.651. The molecule has 0 N–H and O–H groups in total. The summed E-state index contributed by atoms with van der Waals surface area (Å²) in [6.07, 6.45) is 4.12. The van der Waals surface area contributed by atoms with Gasteiger partial charge in [0.1, 0.15) is 0 Å². The van der Waals surface area contributed by atoms with E-state index >= 15 is 0 Å². The summed E-state index contributed by atoms with van der Waals surface area (Å²) in [5, 5.41) is 0. The Morgan fingerprint density at radius 2 is 2.29 bits per heavy atom. The van der Waals surface area contributed by atoms with Crippen molar-refractivity contribution in [2.45, 2.75) is 31.0 Å². The third-order valence-electron chi connectivity index (χ3n) is 3.17. The average Bonchev–Trinajstić information content (AvgIpc) is 2.73. The molecule has 1 aromatic heterocycles. The zero-order valence-electron chi connectivity index (χ0n) is 8.17. The van der Waals surface area contributed by atoms with E-state index in [9.17, 15) is 0 Å². The van der Waals surface area contributed by atoms with Crippen LogP contribution in [0.3, 0.4) is 0 Å². The van der Waals surface area contributed by atoms with Gasteiger partial charge in [-0.25, -0.2) is 0 Å². The molecule has 1 heterocycles. The Morgan fingerprint density at radius 3 is 2.79 bits per heavy atom. The van der Waals surface area contributed by atoms with Gasteiger partial charge in [-0.2, -0.15) is 0 Å². The first-order valence-electron chi connectivity index (χ1n) is 5.08. The van der Waals surface area contributed by atoms with Crippen molar-refractivity contribution in [2.24, 2.45) is 11.8 Å². The van der Waals surface area contributed by atoms with Crippen LogP contribution in [0.4, 0.5) is 0 Å². The number of halogens is 2. The molecule has 3 heteroatoms. The second-order valence-electron chi connectivity index (χ2n) is 4.12. The fourth-order valence-electron chi connectivity index (χ4n) is 2.30. The van der Waals surface area contributed by atoms with E-state index in [0.29, 0.717) is 4.83 Å². The van der Waals surface area contributed by atoms with Crippen LogP contribution in [0.5, 0.6) is 0 Å². The summed E-state index contributed by atoms with van der Waals surface area (Å²) in [5.74, 6) is 1.64. The van der Waals surface area contributed by atoms with Crippen molar-refractivity contribution in [3.63, 3.8) is 0 Å². The van der Waals surface area contributed by atoms with Gasteiger partial charge in [0, 0.05) is 4.88 Å². The molecule has 0 aromatic carbocycles. The third kappa shape index (κ3) is 2.17. The Morgan fingerprint density at radius 1 is 1.50 bits per heavy atom. The molecule has 0 amide bonds. The number of hydrogen-bond acceptors (Lipinski definition) is 1. The molecule has 14 heavy (non-hydrogen) atoms. The summed E-state index contributed by atoms with van der Waals surface area (Å²) in [7, 11) is 0. The fourth-order valence-corrected chi connectivity index (χ4v) is 4.63. The molecule has 1 aromatic rings. The molecule has 1 aliphatic rings. The van der Waals surface area contributed by atoms with E-state index in [-0.39, 0.29) is 0 Å². The summed E-state index contributed by atoms with van der Waals surface area (Å²) in [6, 6.07) is 4.15. The van der Waals surface area contributed by atoms with Crippen molar-refractivity contribution >= 4 is 38.9 Å². The lowest BCUT2D eigenvalue weighted by molar-refractivity contribution is 0.417. The maximum Gasteiger partial charge on any atom is 0.0931 e. The minimum atomic E-state index is 0.512. The first kappa shape index (κ1) is 11.0. The highest BCUT2D eigenvalue weighted by molar-refractivity contribution is 9.09. The normalized spacial score (nSPS) is 29.4. The van der Waals surface area contributed by atoms with E-state index in [4.69, 9.17) is 11.6 Å². The van der Waals surface area contributed by atoms with Crippen molar-refractivity contribution in [1.29, 1.82) is 0 Å². The van der Waals surface area contributed by atoms with Crippen molar-refractivity contribution in [3.05, 3.63) is 21.3 Å². The van der Waals surface area contributed by atoms with Gasteiger partial charge in [0.25, 0.3) is 0 Å². The molecule has 0 nitrogen and oxygen atoms in total. The van der Waals surface area contributed by atoms with Crippen LogP contribution in [-0.2, 0) is 0 Å². The number of thiophene rings is 1. The molecule has 0 radical (unpaired) electrons. The number of alkyl halides is 1. The average molecular weight is 294 g/mol. The number of hydrogen-bond donors (Lipinski definition) is 0. The van der Waals surface area contributed by atoms with Gasteiger partial charge in [0.05, 0.1) is 9.16 Å². The predicted octanol–water partition coefficient (Wildman–Crippen LogP) is 5.27. The largest absolute Gasteiger partial charge is 0.127 e. The Bertz CT molecular complexity index is 310. The highest BCUT2D eigenvalue weighted by Gasteiger charge is 2.30. The van der Waals surface area contributed by atoms with Crippen molar-refractivity contribution in [1.82, 2.24) is 0 Å². The Balaban J connectivity index is 2.11. The van der Waals surface area contributed by atoms with Crippen molar-refractivity contribution in [3.8, 4) is 0 Å². The van der Waals surface area contributed by atoms with Gasteiger partial charge in [-0.3, -0.25) is 0 Å². The first-order chi connectivity index (χ1) is 6.68. The SMILES string of the molecule is CC1CCCC1C(Br)c1ccc(Cl)s1. The van der Waals surface area contributed by atoms with Crippen molar-refractivity contribution < 1.29 is 0 Å². The smallest absolute Gasteiger partial charge is 0.0931 e. The standard InChI is InChI=1S/C11H14BrClS/c1-7-3-2-4-8(7)11(12)9-5-6-10(13)14-9/h5-8,11H,2-4H2,1H3. The minimum absolute atomic E-state index is 0.512. The van der Waals surface area contributed by atoms with E-state index < -0.39 is 0 Å². The highest BCUT2D eigenvalue weighted by atomic mass is 79.9. The summed E-state index contributed by atoms with van der Waals surface area (Å²) in [5.41, 5.74) is 0. The van der Waals surface area contributed by atoms with E-state index in [1.807, 2.05) is 6.07 Å². The lowest BCUT2D eigenvalue weighted by Gasteiger charge is -2.20. The lowest BCUT2D eigenvalue weighted by Crippen LogP contribution is -2.09. The number of rotatable bonds is 2. The van der Waals surface area contributed by atoms with Crippen LogP contribution >= 0.6 is 38.9 Å². The molecule has 0 spiro atoms. The van der Waals surface area contributed by atoms with Crippen LogP contribution in [0.15, 0.2) is 12.1 Å². The van der Waals surface area contributed by atoms with Gasteiger partial charge in [-0.15, -0.1) is 11.3 Å². The summed E-state index contributed by atoms with van der Waals surface area (Å²) in [6.45, 7) is 2.36. The van der Waals surface area contributed by atoms with Crippen LogP contribution in [0.25, 0.3) is 0 Å². The molecule has 78 valence electrons. The van der Waals surface area contributed by atoms with Gasteiger partial charge in [0.15, 0.2) is 0 Å². The van der Waals surface area contributed by atoms with Crippen LogP contribution < -0.4 is 0 Å². The lowest BCUT2D eigenvalue weighted by atomic mass is 9.94. The maximum absolute atomic E-state index is 5.95. The second kappa shape index (κ2) is 4.54. The first-order valence-corrected chi connectivity index (χ1v) is 7.19. The van der Waals surface area contributed by atoms with Gasteiger partial charge in [-0.1, -0.05) is 47.3 Å². The molecule has 1 aliphatic carbocycles. The topological polar surface area (TPSA) is 0 Å². The van der Waals surface area contributed by atoms with E-state index in [2.05, 4.69) is 28.9 Å². The van der Waals surface area contributed by atoms with Gasteiger partial charge in [-0.05, 0) is 30.4 Å². The van der Waals surface area contributed by atoms with Gasteiger partial charge < -0.3 is 0 Å². The Labute approximate surface area is 103 Å². The van der Waals surface area contributed by atoms with Crippen molar-refractivity contribution in [2.75, 3.05) is 0 Å². The van der Waals surface area contributed by atoms with Gasteiger partial charge in [0.2, 0.25) is 0 Å². The third-order valence-corrected chi connectivity index (χ3v) is 5.96. The van der Waals surface area contributed by atoms with Crippen LogP contribution in [-0.4, -0.2) is 0 Å². The fraction of sp³-hybridized carbons (Fsp3) is 0.636. The molecular weight excluding hydrogens is 280 g/mol. The Kier molecular flexibility index (Phi) is 3.56. The zero-order valence-corrected chi connectivity index (χ0v) is 11.3. The minimum Gasteiger partial charge on any atom is -0.127 e. The maximum atomic E-state index is 5.95. The van der Waals surface area contributed by atoms with Gasteiger partial charge >= 0.3 is 0 Å². The summed E-state index contributed by atoms with van der Waals surface area (Å²) >= 11 is 11.5. The van der Waals surface area contributed by atoms with E-state index in [1.165, 1.54) is 24.1 Å². The van der Waals surface area contributed by atoms with Crippen LogP contribution in [0, 0.1) is 11.8 Å².